The first-order valence-electron chi connectivity index (χ1n) is 11.7. The summed E-state index contributed by atoms with van der Waals surface area (Å²) in [7, 11) is 1.36. The van der Waals surface area contributed by atoms with E-state index >= 15 is 0 Å². The predicted octanol–water partition coefficient (Wildman–Crippen LogP) is 1.87. The molecule has 5 aliphatic rings. The number of ether oxygens (including phenoxy) is 2. The minimum atomic E-state index is -1.31. The third-order valence-corrected chi connectivity index (χ3v) is 10.1. The maximum absolute atomic E-state index is 13.3. The summed E-state index contributed by atoms with van der Waals surface area (Å²) in [5.41, 5.74) is -2.82. The van der Waals surface area contributed by atoms with Gasteiger partial charge in [-0.2, -0.15) is 0 Å². The van der Waals surface area contributed by atoms with Crippen LogP contribution >= 0.6 is 0 Å². The van der Waals surface area contributed by atoms with E-state index < -0.39 is 34.1 Å². The van der Waals surface area contributed by atoms with Gasteiger partial charge in [0.15, 0.2) is 0 Å². The molecule has 1 aliphatic heterocycles. The van der Waals surface area contributed by atoms with Gasteiger partial charge in [0.1, 0.15) is 6.61 Å². The maximum atomic E-state index is 13.3. The first-order valence-corrected chi connectivity index (χ1v) is 11.7. The van der Waals surface area contributed by atoms with Crippen LogP contribution in [0.25, 0.3) is 0 Å². The number of rotatable bonds is 2. The lowest BCUT2D eigenvalue weighted by Gasteiger charge is -2.65. The zero-order valence-electron chi connectivity index (χ0n) is 18.4. The largest absolute Gasteiger partial charge is 0.468 e. The van der Waals surface area contributed by atoms with Crippen molar-refractivity contribution in [3.8, 4) is 0 Å². The van der Waals surface area contributed by atoms with Crippen molar-refractivity contribution in [2.24, 2.45) is 28.6 Å². The molecule has 5 rings (SSSR count). The molecule has 1 heterocycles. The Bertz CT molecular complexity index is 838. The minimum Gasteiger partial charge on any atom is -0.468 e. The van der Waals surface area contributed by atoms with Gasteiger partial charge in [0.05, 0.1) is 29.8 Å². The summed E-state index contributed by atoms with van der Waals surface area (Å²) in [5, 5.41) is 34.2. The van der Waals surface area contributed by atoms with Gasteiger partial charge in [0.25, 0.3) is 0 Å². The molecular formula is C24H34O7. The number of hydrogen-bond acceptors (Lipinski definition) is 7. The fourth-order valence-corrected chi connectivity index (χ4v) is 8.65. The van der Waals surface area contributed by atoms with Crippen LogP contribution in [0.15, 0.2) is 11.6 Å². The standard InChI is InChI=1S/C24H34O7/c1-21-7-4-17-18(24(21,29)10-6-16(21)14-11-19(26)31-13-14)5-8-22(28)12-15(25)3-9-23(17,22)20(27)30-2/h11,15-18,25,28-29H,3-10,12-13H2,1-2H3/t15-,16+,17-,18+,21+,22-,23+,24-/m0/s1. The van der Waals surface area contributed by atoms with E-state index in [2.05, 4.69) is 6.92 Å². The molecule has 0 unspecified atom stereocenters. The lowest BCUT2D eigenvalue weighted by Crippen LogP contribution is -2.70. The second-order valence-corrected chi connectivity index (χ2v) is 10.9. The normalized spacial score (nSPS) is 51.3. The number of aliphatic hydroxyl groups excluding tert-OH is 1. The molecule has 172 valence electrons. The molecule has 0 saturated heterocycles. The average Bonchev–Trinajstić information content (AvgIpc) is 3.26. The molecule has 31 heavy (non-hydrogen) atoms. The van der Waals surface area contributed by atoms with E-state index in [4.69, 9.17) is 9.47 Å². The van der Waals surface area contributed by atoms with Gasteiger partial charge >= 0.3 is 11.9 Å². The van der Waals surface area contributed by atoms with Gasteiger partial charge in [-0.1, -0.05) is 6.92 Å². The second kappa shape index (κ2) is 6.78. The Balaban J connectivity index is 1.55. The van der Waals surface area contributed by atoms with Crippen molar-refractivity contribution in [2.45, 2.75) is 82.0 Å². The molecule has 0 aromatic carbocycles. The molecule has 4 saturated carbocycles. The summed E-state index contributed by atoms with van der Waals surface area (Å²) in [6.45, 7) is 2.42. The monoisotopic (exact) mass is 434 g/mol. The highest BCUT2D eigenvalue weighted by molar-refractivity contribution is 5.85. The maximum Gasteiger partial charge on any atom is 0.331 e. The number of methoxy groups -OCH3 is 1. The highest BCUT2D eigenvalue weighted by Crippen LogP contribution is 2.70. The van der Waals surface area contributed by atoms with Crippen LogP contribution in [0.2, 0.25) is 0 Å². The molecular weight excluding hydrogens is 400 g/mol. The molecule has 0 amide bonds. The summed E-state index contributed by atoms with van der Waals surface area (Å²) >= 11 is 0. The fourth-order valence-electron chi connectivity index (χ4n) is 8.65. The van der Waals surface area contributed by atoms with Gasteiger partial charge in [0.2, 0.25) is 0 Å². The van der Waals surface area contributed by atoms with Crippen molar-refractivity contribution < 1.29 is 34.4 Å². The smallest absolute Gasteiger partial charge is 0.331 e. The Hall–Kier alpha value is -1.44. The number of aliphatic hydroxyl groups is 3. The zero-order valence-corrected chi connectivity index (χ0v) is 18.4. The quantitative estimate of drug-likeness (QED) is 0.569. The number of carbonyl (C=O) groups is 2. The summed E-state index contributed by atoms with van der Waals surface area (Å²) in [6, 6.07) is 0. The molecule has 7 nitrogen and oxygen atoms in total. The first kappa shape index (κ1) is 21.4. The Labute approximate surface area is 182 Å². The molecule has 0 radical (unpaired) electrons. The van der Waals surface area contributed by atoms with Gasteiger partial charge in [-0.15, -0.1) is 0 Å². The van der Waals surface area contributed by atoms with Gasteiger partial charge in [-0.3, -0.25) is 4.79 Å². The molecule has 0 aromatic rings. The lowest BCUT2D eigenvalue weighted by molar-refractivity contribution is -0.261. The average molecular weight is 435 g/mol. The van der Waals surface area contributed by atoms with Crippen LogP contribution in [0.4, 0.5) is 0 Å². The topological polar surface area (TPSA) is 113 Å². The lowest BCUT2D eigenvalue weighted by atomic mass is 9.41. The van der Waals surface area contributed by atoms with Gasteiger partial charge in [-0.05, 0) is 74.7 Å². The van der Waals surface area contributed by atoms with Crippen LogP contribution in [0.1, 0.15) is 64.7 Å². The number of carbonyl (C=O) groups excluding carboxylic acids is 2. The Kier molecular flexibility index (Phi) is 4.68. The first-order chi connectivity index (χ1) is 14.6. The molecule has 4 aliphatic carbocycles. The Morgan fingerprint density at radius 2 is 1.84 bits per heavy atom. The van der Waals surface area contributed by atoms with Gasteiger partial charge in [0, 0.05) is 17.9 Å². The molecule has 4 fully saturated rings. The van der Waals surface area contributed by atoms with Crippen LogP contribution in [0, 0.1) is 28.6 Å². The van der Waals surface area contributed by atoms with Crippen molar-refractivity contribution in [1.82, 2.24) is 0 Å². The van der Waals surface area contributed by atoms with E-state index in [1.807, 2.05) is 0 Å². The van der Waals surface area contributed by atoms with Crippen LogP contribution in [0.5, 0.6) is 0 Å². The Morgan fingerprint density at radius 3 is 2.52 bits per heavy atom. The van der Waals surface area contributed by atoms with E-state index in [-0.39, 0.29) is 30.1 Å². The summed E-state index contributed by atoms with van der Waals surface area (Å²) < 4.78 is 10.4. The van der Waals surface area contributed by atoms with Crippen LogP contribution < -0.4 is 0 Å². The van der Waals surface area contributed by atoms with Crippen molar-refractivity contribution in [3.63, 3.8) is 0 Å². The molecule has 0 bridgehead atoms. The molecule has 0 spiro atoms. The number of esters is 2. The van der Waals surface area contributed by atoms with E-state index in [0.29, 0.717) is 51.6 Å². The van der Waals surface area contributed by atoms with Crippen LogP contribution in [-0.2, 0) is 19.1 Å². The van der Waals surface area contributed by atoms with E-state index in [1.165, 1.54) is 7.11 Å². The van der Waals surface area contributed by atoms with E-state index in [0.717, 1.165) is 12.0 Å². The molecule has 3 N–H and O–H groups in total. The number of fused-ring (bicyclic) bond motifs is 5. The molecule has 7 heteroatoms. The predicted molar refractivity (Wildman–Crippen MR) is 110 cm³/mol. The number of cyclic esters (lactones) is 1. The van der Waals surface area contributed by atoms with Crippen molar-refractivity contribution in [2.75, 3.05) is 13.7 Å². The minimum absolute atomic E-state index is 0.0768. The second-order valence-electron chi connectivity index (χ2n) is 10.9. The van der Waals surface area contributed by atoms with Crippen molar-refractivity contribution in [1.29, 1.82) is 0 Å². The zero-order chi connectivity index (χ0) is 22.2. The highest BCUT2D eigenvalue weighted by atomic mass is 16.5. The fraction of sp³-hybridized carbons (Fsp3) is 0.833. The van der Waals surface area contributed by atoms with E-state index in [9.17, 15) is 24.9 Å². The SMILES string of the molecule is COC(=O)[C@]12CC[C@H](O)C[C@@]1(O)CC[C@@H]1[C@@H]2CC[C@]2(C)[C@@H](C3=CC(=O)OC3)CC[C@]12O. The van der Waals surface area contributed by atoms with Crippen LogP contribution in [0.3, 0.4) is 0 Å². The van der Waals surface area contributed by atoms with Gasteiger partial charge < -0.3 is 24.8 Å². The summed E-state index contributed by atoms with van der Waals surface area (Å²) in [5.74, 6) is -0.970. The van der Waals surface area contributed by atoms with Crippen LogP contribution in [-0.4, -0.2) is 58.3 Å². The third-order valence-electron chi connectivity index (χ3n) is 10.1. The summed E-state index contributed by atoms with van der Waals surface area (Å²) in [6.07, 6.45) is 5.75. The Morgan fingerprint density at radius 1 is 1.10 bits per heavy atom. The number of hydrogen-bond donors (Lipinski definition) is 3. The molecule has 0 aromatic heterocycles. The summed E-state index contributed by atoms with van der Waals surface area (Å²) in [4.78, 5) is 25.0. The van der Waals surface area contributed by atoms with E-state index in [1.54, 1.807) is 6.08 Å². The van der Waals surface area contributed by atoms with Gasteiger partial charge in [-0.25, -0.2) is 4.79 Å². The third kappa shape index (κ3) is 2.57. The van der Waals surface area contributed by atoms with Crippen molar-refractivity contribution in [3.05, 3.63) is 11.6 Å². The van der Waals surface area contributed by atoms with Crippen molar-refractivity contribution >= 4 is 11.9 Å². The molecule has 8 atom stereocenters. The highest BCUT2D eigenvalue weighted by Gasteiger charge is 2.73.